The van der Waals surface area contributed by atoms with Gasteiger partial charge >= 0.3 is 0 Å². The zero-order valence-electron chi connectivity index (χ0n) is 12.3. The average molecular weight is 329 g/mol. The third-order valence-corrected chi connectivity index (χ3v) is 3.91. The van der Waals surface area contributed by atoms with E-state index in [1.165, 1.54) is 10.7 Å². The number of nitro benzene ring substituents is 1. The quantitative estimate of drug-likeness (QED) is 0.538. The number of rotatable bonds is 4. The molecule has 0 N–H and O–H groups in total. The Bertz CT molecular complexity index is 862. The van der Waals surface area contributed by atoms with Crippen molar-refractivity contribution >= 4 is 17.3 Å². The molecule has 0 unspecified atom stereocenters. The van der Waals surface area contributed by atoms with Crippen LogP contribution in [0.3, 0.4) is 0 Å². The Balaban J connectivity index is 2.05. The summed E-state index contributed by atoms with van der Waals surface area (Å²) < 4.78 is 1.53. The molecular weight excluding hydrogens is 316 g/mol. The number of nitrogens with zero attached hydrogens (tertiary/aromatic N) is 4. The summed E-state index contributed by atoms with van der Waals surface area (Å²) in [7, 11) is 0. The zero-order valence-corrected chi connectivity index (χ0v) is 13.1. The van der Waals surface area contributed by atoms with Gasteiger partial charge in [-0.05, 0) is 18.1 Å². The lowest BCUT2D eigenvalue weighted by molar-refractivity contribution is -0.384. The lowest BCUT2D eigenvalue weighted by Gasteiger charge is -2.05. The van der Waals surface area contributed by atoms with Gasteiger partial charge < -0.3 is 0 Å². The van der Waals surface area contributed by atoms with Crippen LogP contribution in [0.1, 0.15) is 11.1 Å². The van der Waals surface area contributed by atoms with Gasteiger partial charge in [0, 0.05) is 6.07 Å². The number of hydrogen-bond donors (Lipinski definition) is 0. The van der Waals surface area contributed by atoms with Crippen molar-refractivity contribution in [3.05, 3.63) is 74.9 Å². The van der Waals surface area contributed by atoms with Crippen LogP contribution in [0.5, 0.6) is 0 Å². The van der Waals surface area contributed by atoms with E-state index in [0.29, 0.717) is 17.8 Å². The summed E-state index contributed by atoms with van der Waals surface area (Å²) in [5, 5.41) is 19.7. The molecule has 0 aliphatic heterocycles. The molecule has 23 heavy (non-hydrogen) atoms. The maximum atomic E-state index is 11.3. The van der Waals surface area contributed by atoms with Gasteiger partial charge in [0.1, 0.15) is 5.69 Å². The van der Waals surface area contributed by atoms with Gasteiger partial charge in [0.25, 0.3) is 5.69 Å². The summed E-state index contributed by atoms with van der Waals surface area (Å²) >= 11 is 6.37. The summed E-state index contributed by atoms with van der Waals surface area (Å²) in [6, 6.07) is 14.5. The molecular formula is C16H13ClN4O2. The van der Waals surface area contributed by atoms with Crippen molar-refractivity contribution in [2.24, 2.45) is 0 Å². The molecule has 6 nitrogen and oxygen atoms in total. The van der Waals surface area contributed by atoms with E-state index in [1.54, 1.807) is 19.1 Å². The number of hydrogen-bond acceptors (Lipinski definition) is 4. The summed E-state index contributed by atoms with van der Waals surface area (Å²) in [6.07, 6.45) is 0. The zero-order chi connectivity index (χ0) is 16.4. The lowest BCUT2D eigenvalue weighted by atomic mass is 10.0. The largest absolute Gasteiger partial charge is 0.279 e. The molecule has 0 spiro atoms. The lowest BCUT2D eigenvalue weighted by Crippen LogP contribution is -2.01. The fourth-order valence-corrected chi connectivity index (χ4v) is 2.65. The van der Waals surface area contributed by atoms with Gasteiger partial charge in [-0.2, -0.15) is 0 Å². The highest BCUT2D eigenvalue weighted by atomic mass is 35.5. The first kappa shape index (κ1) is 15.2. The maximum Gasteiger partial charge on any atom is 0.279 e. The predicted octanol–water partition coefficient (Wildman–Crippen LogP) is 3.86. The van der Waals surface area contributed by atoms with Crippen LogP contribution in [0.2, 0.25) is 5.15 Å². The van der Waals surface area contributed by atoms with Crippen LogP contribution >= 0.6 is 11.6 Å². The highest BCUT2D eigenvalue weighted by Gasteiger charge is 2.23. The van der Waals surface area contributed by atoms with Crippen LogP contribution in [0.25, 0.3) is 11.3 Å². The topological polar surface area (TPSA) is 73.8 Å². The molecule has 3 aromatic rings. The van der Waals surface area contributed by atoms with Crippen LogP contribution in [-0.2, 0) is 6.54 Å². The van der Waals surface area contributed by atoms with Crippen molar-refractivity contribution < 1.29 is 4.92 Å². The van der Waals surface area contributed by atoms with E-state index < -0.39 is 4.92 Å². The van der Waals surface area contributed by atoms with Crippen molar-refractivity contribution in [1.82, 2.24) is 15.0 Å². The van der Waals surface area contributed by atoms with E-state index in [0.717, 1.165) is 11.1 Å². The average Bonchev–Trinajstić information content (AvgIpc) is 2.89. The van der Waals surface area contributed by atoms with Crippen molar-refractivity contribution in [3.63, 3.8) is 0 Å². The Labute approximate surface area is 137 Å². The molecule has 0 atom stereocenters. The summed E-state index contributed by atoms with van der Waals surface area (Å²) in [4.78, 5) is 10.8. The smallest absolute Gasteiger partial charge is 0.258 e. The molecule has 0 radical (unpaired) electrons. The summed E-state index contributed by atoms with van der Waals surface area (Å²) in [6.45, 7) is 2.24. The Kier molecular flexibility index (Phi) is 4.08. The molecule has 0 aliphatic carbocycles. The van der Waals surface area contributed by atoms with Crippen LogP contribution in [0, 0.1) is 17.0 Å². The van der Waals surface area contributed by atoms with Gasteiger partial charge in [-0.3, -0.25) is 10.1 Å². The van der Waals surface area contributed by atoms with Crippen molar-refractivity contribution in [2.45, 2.75) is 13.5 Å². The molecule has 1 heterocycles. The molecule has 1 aromatic heterocycles. The first-order valence-corrected chi connectivity index (χ1v) is 7.33. The summed E-state index contributed by atoms with van der Waals surface area (Å²) in [5.74, 6) is 0. The van der Waals surface area contributed by atoms with Crippen LogP contribution < -0.4 is 0 Å². The van der Waals surface area contributed by atoms with E-state index in [-0.39, 0.29) is 10.8 Å². The third kappa shape index (κ3) is 2.93. The van der Waals surface area contributed by atoms with Gasteiger partial charge in [-0.25, -0.2) is 4.68 Å². The van der Waals surface area contributed by atoms with E-state index in [2.05, 4.69) is 10.3 Å². The fraction of sp³-hybridized carbons (Fsp3) is 0.125. The van der Waals surface area contributed by atoms with Crippen molar-refractivity contribution in [3.8, 4) is 11.3 Å². The van der Waals surface area contributed by atoms with Gasteiger partial charge in [-0.15, -0.1) is 5.10 Å². The maximum absolute atomic E-state index is 11.3. The Hall–Kier alpha value is -2.73. The SMILES string of the molecule is Cc1cccc([N+](=O)[O-])c1-c1nnn(Cc2ccccc2)c1Cl. The molecule has 0 saturated carbocycles. The molecule has 0 bridgehead atoms. The highest BCUT2D eigenvalue weighted by Crippen LogP contribution is 2.35. The molecule has 3 rings (SSSR count). The van der Waals surface area contributed by atoms with E-state index in [9.17, 15) is 10.1 Å². The molecule has 0 amide bonds. The number of halogens is 1. The standard InChI is InChI=1S/C16H13ClN4O2/c1-11-6-5-9-13(21(22)23)14(11)15-16(17)20(19-18-15)10-12-7-3-2-4-8-12/h2-9H,10H2,1H3. The minimum atomic E-state index is -0.436. The van der Waals surface area contributed by atoms with E-state index >= 15 is 0 Å². The molecule has 116 valence electrons. The predicted molar refractivity (Wildman–Crippen MR) is 87.4 cm³/mol. The van der Waals surface area contributed by atoms with Crippen molar-refractivity contribution in [1.29, 1.82) is 0 Å². The normalized spacial score (nSPS) is 10.7. The van der Waals surface area contributed by atoms with Crippen LogP contribution in [0.4, 0.5) is 5.69 Å². The van der Waals surface area contributed by atoms with E-state index in [4.69, 9.17) is 11.6 Å². The first-order valence-electron chi connectivity index (χ1n) is 6.95. The molecule has 7 heteroatoms. The van der Waals surface area contributed by atoms with Gasteiger partial charge in [0.15, 0.2) is 5.15 Å². The van der Waals surface area contributed by atoms with E-state index in [1.807, 2.05) is 30.3 Å². The highest BCUT2D eigenvalue weighted by molar-refractivity contribution is 6.32. The first-order chi connectivity index (χ1) is 11.1. The number of aryl methyl sites for hydroxylation is 1. The second-order valence-electron chi connectivity index (χ2n) is 5.10. The minimum Gasteiger partial charge on any atom is -0.258 e. The summed E-state index contributed by atoms with van der Waals surface area (Å²) in [5.41, 5.74) is 2.45. The molecule has 0 aliphatic rings. The third-order valence-electron chi connectivity index (χ3n) is 3.53. The van der Waals surface area contributed by atoms with Crippen LogP contribution in [0.15, 0.2) is 48.5 Å². The number of aromatic nitrogens is 3. The van der Waals surface area contributed by atoms with Gasteiger partial charge in [0.2, 0.25) is 0 Å². The molecule has 2 aromatic carbocycles. The van der Waals surface area contributed by atoms with Gasteiger partial charge in [0.05, 0.1) is 17.0 Å². The van der Waals surface area contributed by atoms with Crippen LogP contribution in [-0.4, -0.2) is 19.9 Å². The number of nitro groups is 1. The molecule has 0 fully saturated rings. The van der Waals surface area contributed by atoms with Gasteiger partial charge in [-0.1, -0.05) is 59.3 Å². The second-order valence-corrected chi connectivity index (χ2v) is 5.46. The Morgan fingerprint density at radius 2 is 1.91 bits per heavy atom. The number of benzene rings is 2. The fourth-order valence-electron chi connectivity index (χ4n) is 2.42. The monoisotopic (exact) mass is 328 g/mol. The Morgan fingerprint density at radius 3 is 2.61 bits per heavy atom. The minimum absolute atomic E-state index is 0.0290. The molecule has 0 saturated heterocycles. The Morgan fingerprint density at radius 1 is 1.17 bits per heavy atom. The second kappa shape index (κ2) is 6.18. The van der Waals surface area contributed by atoms with Crippen molar-refractivity contribution in [2.75, 3.05) is 0 Å².